The van der Waals surface area contributed by atoms with E-state index in [2.05, 4.69) is 9.68 Å². The molecule has 3 N–H and O–H groups in total. The predicted molar refractivity (Wildman–Crippen MR) is 59.8 cm³/mol. The van der Waals surface area contributed by atoms with E-state index in [1.54, 1.807) is 0 Å². The monoisotopic (exact) mass is 252 g/mol. The molecule has 18 heavy (non-hydrogen) atoms. The van der Waals surface area contributed by atoms with E-state index >= 15 is 0 Å². The normalized spacial score (nSPS) is 10.3. The van der Waals surface area contributed by atoms with Crippen molar-refractivity contribution in [3.05, 3.63) is 29.7 Å². The van der Waals surface area contributed by atoms with Gasteiger partial charge in [0, 0.05) is 0 Å². The molecule has 1 aromatic carbocycles. The predicted octanol–water partition coefficient (Wildman–Crippen LogP) is 1.77. The van der Waals surface area contributed by atoms with Crippen molar-refractivity contribution in [1.29, 1.82) is 0 Å². The molecular formula is C11H9FN2O4. The minimum absolute atomic E-state index is 0.0177. The summed E-state index contributed by atoms with van der Waals surface area (Å²) in [4.78, 5) is 11.0. The first-order valence-electron chi connectivity index (χ1n) is 4.86. The SMILES string of the molecule is COc1c(F)cc(-c2cnoc2N)cc1C(=O)O. The third-order valence-electron chi connectivity index (χ3n) is 2.39. The van der Waals surface area contributed by atoms with E-state index in [4.69, 9.17) is 15.6 Å². The van der Waals surface area contributed by atoms with Crippen LogP contribution in [0.4, 0.5) is 10.3 Å². The quantitative estimate of drug-likeness (QED) is 0.863. The lowest BCUT2D eigenvalue weighted by Gasteiger charge is -2.08. The van der Waals surface area contributed by atoms with Gasteiger partial charge in [-0.1, -0.05) is 5.16 Å². The maximum Gasteiger partial charge on any atom is 0.339 e. The van der Waals surface area contributed by atoms with Gasteiger partial charge in [-0.2, -0.15) is 0 Å². The number of carboxylic acids is 1. The number of hydrogen-bond acceptors (Lipinski definition) is 5. The molecule has 0 saturated heterocycles. The van der Waals surface area contributed by atoms with Crippen molar-refractivity contribution in [2.75, 3.05) is 12.8 Å². The molecule has 1 aromatic heterocycles. The van der Waals surface area contributed by atoms with Gasteiger partial charge < -0.3 is 20.1 Å². The number of nitrogens with zero attached hydrogens (tertiary/aromatic N) is 1. The van der Waals surface area contributed by atoms with Crippen LogP contribution in [0.25, 0.3) is 11.1 Å². The highest BCUT2D eigenvalue weighted by Gasteiger charge is 2.19. The van der Waals surface area contributed by atoms with E-state index in [1.165, 1.54) is 19.4 Å². The zero-order chi connectivity index (χ0) is 13.3. The van der Waals surface area contributed by atoms with Gasteiger partial charge in [0.05, 0.1) is 18.9 Å². The second-order valence-electron chi connectivity index (χ2n) is 3.45. The van der Waals surface area contributed by atoms with E-state index < -0.39 is 11.8 Å². The highest BCUT2D eigenvalue weighted by Crippen LogP contribution is 2.32. The minimum atomic E-state index is -1.30. The van der Waals surface area contributed by atoms with Crippen LogP contribution in [0.15, 0.2) is 22.9 Å². The Bertz CT molecular complexity index is 609. The van der Waals surface area contributed by atoms with Crippen LogP contribution >= 0.6 is 0 Å². The lowest BCUT2D eigenvalue weighted by molar-refractivity contribution is 0.0692. The van der Waals surface area contributed by atoms with Gasteiger partial charge in [-0.15, -0.1) is 0 Å². The van der Waals surface area contributed by atoms with Gasteiger partial charge in [0.25, 0.3) is 0 Å². The molecule has 0 saturated carbocycles. The summed E-state index contributed by atoms with van der Waals surface area (Å²) in [6, 6.07) is 2.35. The molecule has 0 atom stereocenters. The van der Waals surface area contributed by atoms with Gasteiger partial charge >= 0.3 is 5.97 Å². The first kappa shape index (κ1) is 11.9. The van der Waals surface area contributed by atoms with Crippen molar-refractivity contribution >= 4 is 11.9 Å². The average molecular weight is 252 g/mol. The third-order valence-corrected chi connectivity index (χ3v) is 2.39. The number of hydrogen-bond donors (Lipinski definition) is 2. The minimum Gasteiger partial charge on any atom is -0.493 e. The van der Waals surface area contributed by atoms with Crippen LogP contribution < -0.4 is 10.5 Å². The summed E-state index contributed by atoms with van der Waals surface area (Å²) in [6.07, 6.45) is 1.28. The lowest BCUT2D eigenvalue weighted by Crippen LogP contribution is -2.03. The van der Waals surface area contributed by atoms with Gasteiger partial charge in [-0.05, 0) is 17.7 Å². The maximum absolute atomic E-state index is 13.7. The molecule has 0 aliphatic carbocycles. The van der Waals surface area contributed by atoms with E-state index in [1.807, 2.05) is 0 Å². The highest BCUT2D eigenvalue weighted by molar-refractivity contribution is 5.93. The summed E-state index contributed by atoms with van der Waals surface area (Å²) >= 11 is 0. The van der Waals surface area contributed by atoms with Gasteiger partial charge in [0.15, 0.2) is 11.6 Å². The smallest absolute Gasteiger partial charge is 0.339 e. The molecule has 2 rings (SSSR count). The second kappa shape index (κ2) is 4.36. The van der Waals surface area contributed by atoms with Crippen LogP contribution in [0.1, 0.15) is 10.4 Å². The van der Waals surface area contributed by atoms with Gasteiger partial charge in [0.1, 0.15) is 5.56 Å². The Morgan fingerprint density at radius 1 is 1.56 bits per heavy atom. The highest BCUT2D eigenvalue weighted by atomic mass is 19.1. The van der Waals surface area contributed by atoms with Gasteiger partial charge in [0.2, 0.25) is 5.88 Å². The summed E-state index contributed by atoms with van der Waals surface area (Å²) in [7, 11) is 1.19. The number of halogens is 1. The molecule has 1 heterocycles. The number of nitrogens with two attached hydrogens (primary N) is 1. The van der Waals surface area contributed by atoms with Crippen LogP contribution in [0.3, 0.4) is 0 Å². The molecule has 2 aromatic rings. The van der Waals surface area contributed by atoms with Crippen molar-refractivity contribution in [1.82, 2.24) is 5.16 Å². The Labute approximate surface area is 101 Å². The fourth-order valence-electron chi connectivity index (χ4n) is 1.58. The molecule has 94 valence electrons. The Kier molecular flexibility index (Phi) is 2.88. The number of carbonyl (C=O) groups is 1. The van der Waals surface area contributed by atoms with Crippen LogP contribution in [0.5, 0.6) is 5.75 Å². The van der Waals surface area contributed by atoms with Crippen molar-refractivity contribution in [2.24, 2.45) is 0 Å². The lowest BCUT2D eigenvalue weighted by atomic mass is 10.0. The number of aromatic carboxylic acids is 1. The number of methoxy groups -OCH3 is 1. The zero-order valence-corrected chi connectivity index (χ0v) is 9.31. The Balaban J connectivity index is 2.65. The number of nitrogen functional groups attached to an aromatic ring is 1. The van der Waals surface area contributed by atoms with Gasteiger partial charge in [-0.25, -0.2) is 9.18 Å². The summed E-state index contributed by atoms with van der Waals surface area (Å²) in [5, 5.41) is 12.4. The van der Waals surface area contributed by atoms with Crippen molar-refractivity contribution in [2.45, 2.75) is 0 Å². The third kappa shape index (κ3) is 1.86. The first-order valence-corrected chi connectivity index (χ1v) is 4.86. The molecule has 0 radical (unpaired) electrons. The molecule has 0 aliphatic rings. The van der Waals surface area contributed by atoms with Crippen molar-refractivity contribution in [3.8, 4) is 16.9 Å². The topological polar surface area (TPSA) is 98.6 Å². The Morgan fingerprint density at radius 3 is 2.78 bits per heavy atom. The van der Waals surface area contributed by atoms with E-state index in [0.29, 0.717) is 5.56 Å². The fraction of sp³-hybridized carbons (Fsp3) is 0.0909. The summed E-state index contributed by atoms with van der Waals surface area (Å²) in [5.41, 5.74) is 5.76. The molecular weight excluding hydrogens is 243 g/mol. The number of anilines is 1. The molecule has 6 nitrogen and oxygen atoms in total. The van der Waals surface area contributed by atoms with Crippen LogP contribution in [0.2, 0.25) is 0 Å². The molecule has 0 amide bonds. The maximum atomic E-state index is 13.7. The summed E-state index contributed by atoms with van der Waals surface area (Å²) in [5.74, 6) is -2.45. The van der Waals surface area contributed by atoms with Crippen LogP contribution in [-0.2, 0) is 0 Å². The van der Waals surface area contributed by atoms with Gasteiger partial charge in [-0.3, -0.25) is 0 Å². The number of aromatic nitrogens is 1. The van der Waals surface area contributed by atoms with E-state index in [-0.39, 0.29) is 22.8 Å². The first-order chi connectivity index (χ1) is 8.54. The molecule has 0 unspecified atom stereocenters. The largest absolute Gasteiger partial charge is 0.493 e. The molecule has 0 aliphatic heterocycles. The molecule has 0 spiro atoms. The molecule has 7 heteroatoms. The summed E-state index contributed by atoms with van der Waals surface area (Å²) < 4.78 is 23.1. The Morgan fingerprint density at radius 2 is 2.28 bits per heavy atom. The fourth-order valence-corrected chi connectivity index (χ4v) is 1.58. The molecule has 0 bridgehead atoms. The summed E-state index contributed by atoms with van der Waals surface area (Å²) in [6.45, 7) is 0. The van der Waals surface area contributed by atoms with Crippen LogP contribution in [0, 0.1) is 5.82 Å². The standard InChI is InChI=1S/C11H9FN2O4/c1-17-9-6(11(15)16)2-5(3-8(9)12)7-4-14-18-10(7)13/h2-4H,13H2,1H3,(H,15,16). The number of rotatable bonds is 3. The van der Waals surface area contributed by atoms with E-state index in [9.17, 15) is 9.18 Å². The van der Waals surface area contributed by atoms with Crippen molar-refractivity contribution in [3.63, 3.8) is 0 Å². The van der Waals surface area contributed by atoms with E-state index in [0.717, 1.165) is 6.07 Å². The zero-order valence-electron chi connectivity index (χ0n) is 9.31. The average Bonchev–Trinajstić information content (AvgIpc) is 2.74. The second-order valence-corrected chi connectivity index (χ2v) is 3.45. The number of benzene rings is 1. The Hall–Kier alpha value is -2.57. The number of carboxylic acid groups (broad SMARTS) is 1. The molecule has 0 fully saturated rings. The van der Waals surface area contributed by atoms with Crippen LogP contribution in [-0.4, -0.2) is 23.3 Å². The van der Waals surface area contributed by atoms with Crippen molar-refractivity contribution < 1.29 is 23.6 Å². The number of ether oxygens (including phenoxy) is 1.